The number of nitrogens with zero attached hydrogens (tertiary/aromatic N) is 4. The fourth-order valence-corrected chi connectivity index (χ4v) is 3.59. The molecule has 1 atom stereocenters. The first-order chi connectivity index (χ1) is 13.5. The number of methoxy groups -OCH3 is 1. The van der Waals surface area contributed by atoms with Crippen LogP contribution in [0.3, 0.4) is 0 Å². The highest BCUT2D eigenvalue weighted by Crippen LogP contribution is 2.28. The molecule has 0 amide bonds. The van der Waals surface area contributed by atoms with Gasteiger partial charge in [-0.3, -0.25) is 10.1 Å². The second-order valence-corrected chi connectivity index (χ2v) is 7.12. The zero-order valence-corrected chi connectivity index (χ0v) is 16.6. The molecule has 2 aromatic rings. The van der Waals surface area contributed by atoms with Gasteiger partial charge in [0.25, 0.3) is 5.69 Å². The summed E-state index contributed by atoms with van der Waals surface area (Å²) in [6, 6.07) is 7.41. The van der Waals surface area contributed by atoms with Crippen LogP contribution < -0.4 is 10.2 Å². The van der Waals surface area contributed by atoms with Crippen molar-refractivity contribution in [3.05, 3.63) is 45.6 Å². The Balaban J connectivity index is 1.91. The van der Waals surface area contributed by atoms with Gasteiger partial charge in [0.1, 0.15) is 5.82 Å². The van der Waals surface area contributed by atoms with Crippen LogP contribution in [0.25, 0.3) is 0 Å². The molecule has 0 bridgehead atoms. The first kappa shape index (κ1) is 20.0. The third-order valence-corrected chi connectivity index (χ3v) is 4.96. The van der Waals surface area contributed by atoms with Gasteiger partial charge in [0.2, 0.25) is 5.95 Å². The van der Waals surface area contributed by atoms with E-state index < -0.39 is 0 Å². The Hall–Kier alpha value is -2.74. The van der Waals surface area contributed by atoms with Gasteiger partial charge in [0.05, 0.1) is 17.6 Å². The molecule has 1 aromatic heterocycles. The monoisotopic (exact) mass is 385 g/mol. The number of anilines is 3. The Morgan fingerprint density at radius 1 is 1.36 bits per heavy atom. The molecule has 0 saturated carbocycles. The SMILES string of the molecule is CCCc1cc(N2CCCC2COC)nc(Nc2ccc(C)c([N+](=O)[O-])c2)n1. The Bertz CT molecular complexity index is 843. The van der Waals surface area contributed by atoms with Gasteiger partial charge in [-0.25, -0.2) is 4.98 Å². The van der Waals surface area contributed by atoms with Gasteiger partial charge in [-0.1, -0.05) is 19.4 Å². The summed E-state index contributed by atoms with van der Waals surface area (Å²) in [6.45, 7) is 5.44. The molecule has 1 unspecified atom stereocenters. The Morgan fingerprint density at radius 3 is 2.89 bits per heavy atom. The predicted octanol–water partition coefficient (Wildman–Crippen LogP) is 4.00. The quantitative estimate of drug-likeness (QED) is 0.542. The van der Waals surface area contributed by atoms with E-state index >= 15 is 0 Å². The molecule has 28 heavy (non-hydrogen) atoms. The van der Waals surface area contributed by atoms with Gasteiger partial charge in [-0.15, -0.1) is 0 Å². The molecular weight excluding hydrogens is 358 g/mol. The van der Waals surface area contributed by atoms with E-state index in [4.69, 9.17) is 9.72 Å². The van der Waals surface area contributed by atoms with E-state index in [0.29, 0.717) is 29.8 Å². The van der Waals surface area contributed by atoms with Crippen LogP contribution in [0.2, 0.25) is 0 Å². The van der Waals surface area contributed by atoms with Crippen LogP contribution in [-0.4, -0.2) is 41.2 Å². The maximum Gasteiger partial charge on any atom is 0.274 e. The Morgan fingerprint density at radius 2 is 2.18 bits per heavy atom. The maximum absolute atomic E-state index is 11.2. The largest absolute Gasteiger partial charge is 0.383 e. The van der Waals surface area contributed by atoms with Crippen molar-refractivity contribution >= 4 is 23.1 Å². The van der Waals surface area contributed by atoms with Crippen LogP contribution in [0.4, 0.5) is 23.1 Å². The molecule has 1 saturated heterocycles. The number of benzene rings is 1. The van der Waals surface area contributed by atoms with Crippen molar-refractivity contribution in [3.8, 4) is 0 Å². The van der Waals surface area contributed by atoms with Gasteiger partial charge in [0, 0.05) is 42.7 Å². The first-order valence-corrected chi connectivity index (χ1v) is 9.67. The minimum absolute atomic E-state index is 0.0784. The van der Waals surface area contributed by atoms with Crippen LogP contribution in [-0.2, 0) is 11.2 Å². The zero-order valence-electron chi connectivity index (χ0n) is 16.6. The highest BCUT2D eigenvalue weighted by molar-refractivity contribution is 5.61. The number of nitro benzene ring substituents is 1. The first-order valence-electron chi connectivity index (χ1n) is 9.67. The zero-order chi connectivity index (χ0) is 20.1. The molecule has 1 N–H and O–H groups in total. The number of hydrogen-bond donors (Lipinski definition) is 1. The Kier molecular flexibility index (Phi) is 6.41. The number of ether oxygens (including phenoxy) is 1. The molecule has 0 spiro atoms. The second-order valence-electron chi connectivity index (χ2n) is 7.12. The van der Waals surface area contributed by atoms with Crippen molar-refractivity contribution in [2.45, 2.75) is 45.6 Å². The molecule has 1 aliphatic heterocycles. The maximum atomic E-state index is 11.2. The summed E-state index contributed by atoms with van der Waals surface area (Å²) in [5.74, 6) is 1.34. The predicted molar refractivity (Wildman–Crippen MR) is 109 cm³/mol. The number of nitro groups is 1. The van der Waals surface area contributed by atoms with E-state index in [9.17, 15) is 10.1 Å². The van der Waals surface area contributed by atoms with Crippen molar-refractivity contribution in [1.82, 2.24) is 9.97 Å². The van der Waals surface area contributed by atoms with Gasteiger partial charge >= 0.3 is 0 Å². The van der Waals surface area contributed by atoms with Crippen molar-refractivity contribution in [3.63, 3.8) is 0 Å². The minimum Gasteiger partial charge on any atom is -0.383 e. The summed E-state index contributed by atoms with van der Waals surface area (Å²) < 4.78 is 5.36. The van der Waals surface area contributed by atoms with E-state index in [0.717, 1.165) is 43.7 Å². The van der Waals surface area contributed by atoms with Crippen molar-refractivity contribution in [2.75, 3.05) is 30.5 Å². The number of hydrogen-bond acceptors (Lipinski definition) is 7. The standard InChI is InChI=1S/C20H27N5O3/c1-4-6-15-12-19(24-10-5-7-17(24)13-28-3)23-20(21-15)22-16-9-8-14(2)18(11-16)25(26)27/h8-9,11-12,17H,4-7,10,13H2,1-3H3,(H,21,22,23). The number of nitrogens with one attached hydrogen (secondary N) is 1. The summed E-state index contributed by atoms with van der Waals surface area (Å²) in [5.41, 5.74) is 2.26. The fraction of sp³-hybridized carbons (Fsp3) is 0.500. The molecule has 0 aliphatic carbocycles. The fourth-order valence-electron chi connectivity index (χ4n) is 3.59. The van der Waals surface area contributed by atoms with Crippen molar-refractivity contribution < 1.29 is 9.66 Å². The molecule has 3 rings (SSSR count). The van der Waals surface area contributed by atoms with Crippen LogP contribution >= 0.6 is 0 Å². The van der Waals surface area contributed by atoms with Gasteiger partial charge in [-0.05, 0) is 32.3 Å². The normalized spacial score (nSPS) is 16.4. The summed E-state index contributed by atoms with van der Waals surface area (Å²) in [6.07, 6.45) is 4.01. The average molecular weight is 385 g/mol. The van der Waals surface area contributed by atoms with Crippen LogP contribution in [0.5, 0.6) is 0 Å². The highest BCUT2D eigenvalue weighted by Gasteiger charge is 2.26. The number of rotatable bonds is 8. The third kappa shape index (κ3) is 4.56. The molecule has 0 radical (unpaired) electrons. The van der Waals surface area contributed by atoms with Gasteiger partial charge < -0.3 is 15.0 Å². The molecule has 150 valence electrons. The minimum atomic E-state index is -0.375. The average Bonchev–Trinajstić information content (AvgIpc) is 3.12. The van der Waals surface area contributed by atoms with E-state index in [1.165, 1.54) is 6.07 Å². The van der Waals surface area contributed by atoms with E-state index in [2.05, 4.69) is 22.1 Å². The lowest BCUT2D eigenvalue weighted by Gasteiger charge is -2.26. The molecule has 1 fully saturated rings. The number of aryl methyl sites for hydroxylation is 2. The topological polar surface area (TPSA) is 93.4 Å². The highest BCUT2D eigenvalue weighted by atomic mass is 16.6. The summed E-state index contributed by atoms with van der Waals surface area (Å²) in [7, 11) is 1.72. The Labute approximate surface area is 165 Å². The molecule has 8 heteroatoms. The molecule has 1 aliphatic rings. The van der Waals surface area contributed by atoms with Gasteiger partial charge in [0.15, 0.2) is 0 Å². The van der Waals surface area contributed by atoms with E-state index in [-0.39, 0.29) is 10.6 Å². The molecule has 8 nitrogen and oxygen atoms in total. The lowest BCUT2D eigenvalue weighted by atomic mass is 10.2. The molecule has 1 aromatic carbocycles. The van der Waals surface area contributed by atoms with Crippen LogP contribution in [0, 0.1) is 17.0 Å². The van der Waals surface area contributed by atoms with Crippen LogP contribution in [0.1, 0.15) is 37.4 Å². The van der Waals surface area contributed by atoms with E-state index in [1.807, 2.05) is 6.07 Å². The summed E-state index contributed by atoms with van der Waals surface area (Å²) in [4.78, 5) is 22.4. The number of aromatic nitrogens is 2. The molecule has 2 heterocycles. The second kappa shape index (κ2) is 8.97. The lowest BCUT2D eigenvalue weighted by Crippen LogP contribution is -2.33. The van der Waals surface area contributed by atoms with Crippen molar-refractivity contribution in [2.24, 2.45) is 0 Å². The van der Waals surface area contributed by atoms with Crippen molar-refractivity contribution in [1.29, 1.82) is 0 Å². The summed E-state index contributed by atoms with van der Waals surface area (Å²) >= 11 is 0. The van der Waals surface area contributed by atoms with Gasteiger partial charge in [-0.2, -0.15) is 4.98 Å². The smallest absolute Gasteiger partial charge is 0.274 e. The van der Waals surface area contributed by atoms with E-state index in [1.54, 1.807) is 26.2 Å². The lowest BCUT2D eigenvalue weighted by molar-refractivity contribution is -0.385. The molecular formula is C20H27N5O3. The van der Waals surface area contributed by atoms with Crippen LogP contribution in [0.15, 0.2) is 24.3 Å². The summed E-state index contributed by atoms with van der Waals surface area (Å²) in [5, 5.41) is 14.4. The third-order valence-electron chi connectivity index (χ3n) is 4.96.